The third kappa shape index (κ3) is 96.1. The normalized spacial score (nSPS) is 11.8. The summed E-state index contributed by atoms with van der Waals surface area (Å²) >= 11 is -19.1. The van der Waals surface area contributed by atoms with Crippen LogP contribution in [0.1, 0.15) is 230 Å². The minimum absolute atomic E-state index is 1.11. The van der Waals surface area contributed by atoms with Crippen molar-refractivity contribution in [2.24, 2.45) is 0 Å². The Hall–Kier alpha value is -0.162. The molecule has 2 N–H and O–H groups in total. The molecular weight excluding hydrogens is 1230 g/mol. The Morgan fingerprint density at radius 2 is 0.487 bits per heavy atom. The van der Waals surface area contributed by atoms with E-state index >= 15 is 0 Å². The molecule has 2 aromatic carbocycles. The predicted octanol–water partition coefficient (Wildman–Crippen LogP) is 15.4. The van der Waals surface area contributed by atoms with Crippen molar-refractivity contribution in [2.45, 2.75) is 232 Å². The van der Waals surface area contributed by atoms with E-state index in [2.05, 4.69) is 143 Å². The summed E-state index contributed by atoms with van der Waals surface area (Å²) in [4.78, 5) is 0. The van der Waals surface area contributed by atoms with Gasteiger partial charge in [-0.1, -0.05) is 254 Å². The van der Waals surface area contributed by atoms with Gasteiger partial charge < -0.3 is 8.97 Å². The summed E-state index contributed by atoms with van der Waals surface area (Å²) in [6.07, 6.45) is 46.3. The third-order valence-electron chi connectivity index (χ3n) is 12.1. The Morgan fingerprint density at radius 1 is 0.342 bits per heavy atom. The van der Waals surface area contributed by atoms with Gasteiger partial charge in [0, 0.05) is 11.1 Å². The predicted molar refractivity (Wildman–Crippen MR) is 287 cm³/mol. The number of hydrogen-bond acceptors (Lipinski definition) is 10. The van der Waals surface area contributed by atoms with Crippen LogP contribution >= 0.6 is 40.4 Å². The van der Waals surface area contributed by atoms with Crippen LogP contribution in [0.15, 0.2) is 60.7 Å². The standard InChI is InChI=1S/2C27H50N.4ClH.4Mn.2H2O.10O/c2*1-4-5-6-7-8-9-10-11-12-13-14-15-16-17-18-22-25-28(2,3)26-27-23-20-19-21-24-27;;;;;;;;;;;;;;;;;;;;/h2*19-21,23-24H,4-18,22,25-26H2,1-3H3;4*1H;;;;;2*1H2;;;;;;;;;;/q2*+1;;;;;2*+1;2*+2;;;;;;;;;;;2*-1/p-6. The van der Waals surface area contributed by atoms with Crippen LogP contribution in [-0.4, -0.2) is 58.6 Å². The van der Waals surface area contributed by atoms with Crippen molar-refractivity contribution >= 4 is 40.4 Å². The molecule has 0 aliphatic rings. The van der Waals surface area contributed by atoms with Gasteiger partial charge in [0.2, 0.25) is 0 Å². The molecule has 22 heteroatoms. The van der Waals surface area contributed by atoms with Crippen molar-refractivity contribution < 1.29 is 105 Å². The van der Waals surface area contributed by atoms with Crippen LogP contribution in [0.25, 0.3) is 0 Å². The Balaban J connectivity index is -0.000000501. The molecule has 456 valence electrons. The van der Waals surface area contributed by atoms with E-state index in [1.54, 1.807) is 0 Å². The van der Waals surface area contributed by atoms with Gasteiger partial charge in [-0.3, -0.25) is 0 Å². The maximum atomic E-state index is 9.01. The average molecular weight is 1330 g/mol. The third-order valence-corrected chi connectivity index (χ3v) is 12.1. The summed E-state index contributed by atoms with van der Waals surface area (Å²) in [5, 5.41) is 0. The van der Waals surface area contributed by atoms with Crippen LogP contribution in [0.2, 0.25) is 0 Å². The Kier molecular flexibility index (Phi) is 57.3. The number of rotatable bonds is 38. The van der Waals surface area contributed by atoms with E-state index in [1.807, 2.05) is 0 Å². The van der Waals surface area contributed by atoms with Gasteiger partial charge in [0.05, 0.1) is 41.3 Å². The molecule has 0 atom stereocenters. The summed E-state index contributed by atoms with van der Waals surface area (Å²) in [5.41, 5.74) is 2.92. The summed E-state index contributed by atoms with van der Waals surface area (Å²) in [5.74, 6) is 0. The zero-order valence-corrected chi connectivity index (χ0v) is 54.9. The quantitative estimate of drug-likeness (QED) is 0.0364. The number of quaternary nitrogens is 2. The van der Waals surface area contributed by atoms with Crippen LogP contribution in [0.5, 0.6) is 0 Å². The van der Waals surface area contributed by atoms with Crippen LogP contribution in [0, 0.1) is 0 Å². The molecule has 0 spiro atoms. The average Bonchev–Trinajstić information content (AvgIpc) is 3.27. The molecule has 0 saturated heterocycles. The fourth-order valence-electron chi connectivity index (χ4n) is 8.49. The molecule has 0 heterocycles. The SMILES string of the molecule is CCCCCCCCCCCCCCCCCC[N+](C)(C)Cc1ccccc1.CCCCCCCCCCCCCCCCCC[N+](C)(C)Cc1ccccc1.[O]=[Mn](=[O])([O-])[Cl].[O]=[Mn](=[O])([O-])[Cl].[O]=[Mn](=[O])([OH])[Cl].[O]=[Mn](=[O])([OH])[Cl]. The van der Waals surface area contributed by atoms with E-state index in [0.717, 1.165) is 22.1 Å². The summed E-state index contributed by atoms with van der Waals surface area (Å²) < 4.78 is 106. The molecule has 0 fully saturated rings. The molecular formula is C54H102Cl4Mn4N2O12. The first-order valence-electron chi connectivity index (χ1n) is 27.4. The number of unbranched alkanes of at least 4 members (excludes halogenated alkanes) is 30. The number of halogens is 4. The second-order valence-corrected chi connectivity index (χ2v) is 31.2. The zero-order chi connectivity index (χ0) is 58.7. The first-order chi connectivity index (χ1) is 35.3. The molecule has 0 aliphatic heterocycles. The van der Waals surface area contributed by atoms with Crippen LogP contribution in [-0.2, 0) is 92.3 Å². The van der Waals surface area contributed by atoms with Gasteiger partial charge in [-0.25, -0.2) is 0 Å². The van der Waals surface area contributed by atoms with E-state index < -0.39 is 48.5 Å². The molecule has 0 aromatic heterocycles. The van der Waals surface area contributed by atoms with E-state index in [-0.39, 0.29) is 0 Å². The van der Waals surface area contributed by atoms with Gasteiger partial charge in [0.1, 0.15) is 13.1 Å². The van der Waals surface area contributed by atoms with Crippen molar-refractivity contribution in [1.82, 2.24) is 0 Å². The van der Waals surface area contributed by atoms with Crippen molar-refractivity contribution in [3.63, 3.8) is 0 Å². The van der Waals surface area contributed by atoms with Gasteiger partial charge in [0.25, 0.3) is 0 Å². The van der Waals surface area contributed by atoms with Gasteiger partial charge in [-0.2, -0.15) is 0 Å². The molecule has 76 heavy (non-hydrogen) atoms. The van der Waals surface area contributed by atoms with E-state index in [1.165, 1.54) is 230 Å². The van der Waals surface area contributed by atoms with Gasteiger partial charge in [0.15, 0.2) is 0 Å². The molecule has 2 aromatic rings. The van der Waals surface area contributed by atoms with Gasteiger partial charge in [-0.05, 0) is 25.7 Å². The summed E-state index contributed by atoms with van der Waals surface area (Å²) in [6, 6.07) is 21.9. The van der Waals surface area contributed by atoms with E-state index in [4.69, 9.17) is 47.4 Å². The second-order valence-electron chi connectivity index (χ2n) is 20.7. The van der Waals surface area contributed by atoms with Crippen LogP contribution in [0.3, 0.4) is 0 Å². The molecule has 0 radical (unpaired) electrons. The summed E-state index contributed by atoms with van der Waals surface area (Å²) in [7, 11) is 25.7. The fourth-order valence-corrected chi connectivity index (χ4v) is 8.49. The zero-order valence-electron chi connectivity index (χ0n) is 47.1. The van der Waals surface area contributed by atoms with Crippen molar-refractivity contribution in [1.29, 1.82) is 0 Å². The fraction of sp³-hybridized carbons (Fsp3) is 0.778. The minimum atomic E-state index is -4.90. The Morgan fingerprint density at radius 3 is 0.645 bits per heavy atom. The molecule has 2 rings (SSSR count). The summed E-state index contributed by atoms with van der Waals surface area (Å²) in [6.45, 7) is 9.50. The monoisotopic (exact) mass is 1330 g/mol. The van der Waals surface area contributed by atoms with Crippen molar-refractivity contribution in [3.8, 4) is 0 Å². The van der Waals surface area contributed by atoms with Crippen LogP contribution < -0.4 is 8.38 Å². The van der Waals surface area contributed by atoms with Crippen molar-refractivity contribution in [3.05, 3.63) is 71.8 Å². The molecule has 0 bridgehead atoms. The number of benzene rings is 2. The second kappa shape index (κ2) is 52.9. The van der Waals surface area contributed by atoms with Crippen LogP contribution in [0.4, 0.5) is 0 Å². The molecule has 0 amide bonds. The van der Waals surface area contributed by atoms with Gasteiger partial charge >= 0.3 is 136 Å². The molecule has 0 aliphatic carbocycles. The Labute approximate surface area is 486 Å². The first kappa shape index (κ1) is 82.3. The molecule has 0 saturated carbocycles. The topological polar surface area (TPSA) is 223 Å². The van der Waals surface area contributed by atoms with Gasteiger partial charge in [-0.15, -0.1) is 0 Å². The maximum absolute atomic E-state index is 9.01. The van der Waals surface area contributed by atoms with E-state index in [0.29, 0.717) is 0 Å². The molecule has 0 unspecified atom stereocenters. The number of hydrogen-bond donors (Lipinski definition) is 2. The van der Waals surface area contributed by atoms with E-state index in [9.17, 15) is 0 Å². The first-order valence-corrected chi connectivity index (χ1v) is 39.8. The Bertz CT molecular complexity index is 1790. The molecule has 14 nitrogen and oxygen atoms in total. The number of nitrogens with zero attached hydrogens (tertiary/aromatic N) is 2. The van der Waals surface area contributed by atoms with Crippen molar-refractivity contribution in [2.75, 3.05) is 41.3 Å².